The number of halogens is 3. The third-order valence-electron chi connectivity index (χ3n) is 7.05. The van der Waals surface area contributed by atoms with Crippen LogP contribution in [0.4, 0.5) is 18.9 Å². The second kappa shape index (κ2) is 11.1. The average Bonchev–Trinajstić information content (AvgIpc) is 3.40. The van der Waals surface area contributed by atoms with Gasteiger partial charge in [-0.3, -0.25) is 9.69 Å². The van der Waals surface area contributed by atoms with Crippen molar-refractivity contribution in [2.45, 2.75) is 41.4 Å². The molecule has 0 aliphatic carbocycles. The quantitative estimate of drug-likeness (QED) is 0.493. The molecule has 210 valence electrons. The van der Waals surface area contributed by atoms with Crippen LogP contribution in [-0.2, 0) is 25.2 Å². The summed E-state index contributed by atoms with van der Waals surface area (Å²) in [7, 11) is -3.74. The van der Waals surface area contributed by atoms with E-state index < -0.39 is 39.9 Å². The van der Waals surface area contributed by atoms with Crippen LogP contribution in [0.5, 0.6) is 0 Å². The molecule has 3 atom stereocenters. The summed E-state index contributed by atoms with van der Waals surface area (Å²) in [6.07, 6.45) is -4.99. The number of ether oxygens (including phenoxy) is 1. The number of sulfonamides is 1. The minimum Gasteiger partial charge on any atom is -0.481 e. The summed E-state index contributed by atoms with van der Waals surface area (Å²) >= 11 is 1.12. The number of aliphatic hydroxyl groups is 1. The van der Waals surface area contributed by atoms with Gasteiger partial charge in [0.25, 0.3) is 10.0 Å². The van der Waals surface area contributed by atoms with Crippen molar-refractivity contribution in [2.24, 2.45) is 0 Å². The molecule has 0 amide bonds. The fourth-order valence-corrected chi connectivity index (χ4v) is 7.42. The summed E-state index contributed by atoms with van der Waals surface area (Å²) in [5.74, 6) is -0.972. The van der Waals surface area contributed by atoms with Crippen molar-refractivity contribution >= 4 is 33.0 Å². The fraction of sp³-hybridized carbons (Fsp3) is 0.542. The van der Waals surface area contributed by atoms with E-state index in [0.29, 0.717) is 32.3 Å². The third-order valence-corrected chi connectivity index (χ3v) is 10.3. The Morgan fingerprint density at radius 1 is 1.13 bits per heavy atom. The number of carboxylic acid groups (broad SMARTS) is 1. The molecule has 0 radical (unpaired) electrons. The molecule has 2 aliphatic rings. The van der Waals surface area contributed by atoms with E-state index in [1.165, 1.54) is 34.6 Å². The lowest BCUT2D eigenvalue weighted by Gasteiger charge is -2.46. The maximum atomic E-state index is 13.3. The molecule has 0 bridgehead atoms. The van der Waals surface area contributed by atoms with Gasteiger partial charge in [-0.05, 0) is 36.1 Å². The number of aliphatic carboxylic acids is 1. The summed E-state index contributed by atoms with van der Waals surface area (Å²) < 4.78 is 73.6. The van der Waals surface area contributed by atoms with Crippen molar-refractivity contribution in [3.8, 4) is 0 Å². The highest BCUT2D eigenvalue weighted by molar-refractivity contribution is 7.91. The second-order valence-electron chi connectivity index (χ2n) is 9.58. The standard InChI is InChI=1S/C24H30F3N3O6S2/c1-23(33,24(25,26)27)17-4-6-18(7-5-17)30-9-8-29(38(34,35)22-3-2-12-37-22)15-20(30)14-28-10-11-36-16-19(28)13-21(31)32/h2-7,12,19-20,33H,8-11,13-16H2,1H3,(H,31,32)/t19?,20-,23?/m0/s1. The van der Waals surface area contributed by atoms with Crippen LogP contribution in [0.25, 0.3) is 0 Å². The Morgan fingerprint density at radius 2 is 1.84 bits per heavy atom. The molecule has 2 aliphatic heterocycles. The zero-order chi connectivity index (χ0) is 27.7. The zero-order valence-corrected chi connectivity index (χ0v) is 22.3. The normalized spacial score (nSPS) is 23.8. The Balaban J connectivity index is 1.62. The summed E-state index contributed by atoms with van der Waals surface area (Å²) in [4.78, 5) is 15.3. The van der Waals surface area contributed by atoms with E-state index in [1.54, 1.807) is 11.4 Å². The third kappa shape index (κ3) is 6.00. The van der Waals surface area contributed by atoms with Crippen LogP contribution >= 0.6 is 11.3 Å². The molecule has 2 fully saturated rings. The number of rotatable bonds is 8. The van der Waals surface area contributed by atoms with Crippen LogP contribution < -0.4 is 4.90 Å². The number of anilines is 1. The highest BCUT2D eigenvalue weighted by Gasteiger charge is 2.51. The van der Waals surface area contributed by atoms with Gasteiger partial charge in [0.1, 0.15) is 4.21 Å². The molecular formula is C24H30F3N3O6S2. The largest absolute Gasteiger partial charge is 0.481 e. The molecule has 2 saturated heterocycles. The second-order valence-corrected chi connectivity index (χ2v) is 12.7. The van der Waals surface area contributed by atoms with E-state index in [2.05, 4.69) is 0 Å². The summed E-state index contributed by atoms with van der Waals surface area (Å²) in [5, 5.41) is 21.1. The predicted molar refractivity (Wildman–Crippen MR) is 135 cm³/mol. The van der Waals surface area contributed by atoms with Gasteiger partial charge in [0.05, 0.1) is 25.7 Å². The van der Waals surface area contributed by atoms with Gasteiger partial charge in [-0.25, -0.2) is 8.42 Å². The Hall–Kier alpha value is -2.23. The van der Waals surface area contributed by atoms with E-state index in [0.717, 1.165) is 11.3 Å². The van der Waals surface area contributed by atoms with Gasteiger partial charge < -0.3 is 19.8 Å². The van der Waals surface area contributed by atoms with Gasteiger partial charge in [-0.1, -0.05) is 18.2 Å². The summed E-state index contributed by atoms with van der Waals surface area (Å²) in [6.45, 7) is 2.68. The molecule has 0 saturated carbocycles. The molecule has 4 rings (SSSR count). The molecule has 9 nitrogen and oxygen atoms in total. The molecule has 2 N–H and O–H groups in total. The first-order valence-corrected chi connectivity index (χ1v) is 14.4. The molecule has 2 aromatic rings. The number of benzene rings is 1. The minimum absolute atomic E-state index is 0.111. The molecule has 1 aromatic carbocycles. The lowest BCUT2D eigenvalue weighted by atomic mass is 9.95. The smallest absolute Gasteiger partial charge is 0.421 e. The number of piperazine rings is 1. The number of carboxylic acids is 1. The van der Waals surface area contributed by atoms with Gasteiger partial charge in [-0.15, -0.1) is 11.3 Å². The first-order valence-electron chi connectivity index (χ1n) is 12.0. The van der Waals surface area contributed by atoms with E-state index in [4.69, 9.17) is 4.74 Å². The van der Waals surface area contributed by atoms with E-state index in [9.17, 15) is 36.6 Å². The maximum absolute atomic E-state index is 13.3. The number of nitrogens with zero attached hydrogens (tertiary/aromatic N) is 3. The van der Waals surface area contributed by atoms with Crippen LogP contribution in [0.2, 0.25) is 0 Å². The van der Waals surface area contributed by atoms with Crippen molar-refractivity contribution in [1.29, 1.82) is 0 Å². The zero-order valence-electron chi connectivity index (χ0n) is 20.7. The number of hydrogen-bond acceptors (Lipinski definition) is 8. The van der Waals surface area contributed by atoms with Crippen molar-refractivity contribution in [3.63, 3.8) is 0 Å². The van der Waals surface area contributed by atoms with Crippen LogP contribution in [0.15, 0.2) is 46.0 Å². The van der Waals surface area contributed by atoms with Crippen LogP contribution in [-0.4, -0.2) is 98.0 Å². The number of alkyl halides is 3. The summed E-state index contributed by atoms with van der Waals surface area (Å²) in [5.41, 5.74) is -2.75. The SMILES string of the molecule is CC(O)(c1ccc(N2CCN(S(=O)(=O)c3cccs3)C[C@@H]2CN2CCOCC2CC(=O)O)cc1)C(F)(F)F. The van der Waals surface area contributed by atoms with Gasteiger partial charge in [-0.2, -0.15) is 17.5 Å². The first kappa shape index (κ1) is 28.8. The predicted octanol–water partition coefficient (Wildman–Crippen LogP) is 2.57. The molecule has 38 heavy (non-hydrogen) atoms. The molecule has 14 heteroatoms. The number of hydrogen-bond donors (Lipinski definition) is 2. The van der Waals surface area contributed by atoms with Gasteiger partial charge in [0.15, 0.2) is 5.60 Å². The topological polar surface area (TPSA) is 111 Å². The van der Waals surface area contributed by atoms with E-state index >= 15 is 0 Å². The molecule has 0 spiro atoms. The Labute approximate surface area is 223 Å². The van der Waals surface area contributed by atoms with E-state index in [1.807, 2.05) is 9.80 Å². The lowest BCUT2D eigenvalue weighted by Crippen LogP contribution is -2.60. The van der Waals surface area contributed by atoms with Crippen molar-refractivity contribution in [3.05, 3.63) is 47.3 Å². The maximum Gasteiger partial charge on any atom is 0.421 e. The average molecular weight is 578 g/mol. The van der Waals surface area contributed by atoms with Crippen molar-refractivity contribution < 1.29 is 41.3 Å². The van der Waals surface area contributed by atoms with Gasteiger partial charge in [0, 0.05) is 44.5 Å². The van der Waals surface area contributed by atoms with Gasteiger partial charge in [0.2, 0.25) is 0 Å². The Kier molecular flexibility index (Phi) is 8.40. The Morgan fingerprint density at radius 3 is 2.45 bits per heavy atom. The molecule has 3 heterocycles. The number of morpholine rings is 1. The lowest BCUT2D eigenvalue weighted by molar-refractivity contribution is -0.258. The van der Waals surface area contributed by atoms with Gasteiger partial charge >= 0.3 is 12.1 Å². The Bertz CT molecular complexity index is 1210. The van der Waals surface area contributed by atoms with Crippen LogP contribution in [0.1, 0.15) is 18.9 Å². The molecule has 1 aromatic heterocycles. The first-order chi connectivity index (χ1) is 17.8. The monoisotopic (exact) mass is 577 g/mol. The highest BCUT2D eigenvalue weighted by atomic mass is 32.2. The summed E-state index contributed by atoms with van der Waals surface area (Å²) in [6, 6.07) is 7.80. The van der Waals surface area contributed by atoms with Crippen LogP contribution in [0, 0.1) is 0 Å². The molecular weight excluding hydrogens is 547 g/mol. The minimum atomic E-state index is -4.85. The van der Waals surface area contributed by atoms with E-state index in [-0.39, 0.29) is 42.4 Å². The number of thiophene rings is 1. The molecule has 2 unspecified atom stereocenters. The van der Waals surface area contributed by atoms with Crippen molar-refractivity contribution in [2.75, 3.05) is 50.8 Å². The van der Waals surface area contributed by atoms with Crippen molar-refractivity contribution in [1.82, 2.24) is 9.21 Å². The van der Waals surface area contributed by atoms with Crippen LogP contribution in [0.3, 0.4) is 0 Å². The fourth-order valence-electron chi connectivity index (χ4n) is 4.81. The number of carbonyl (C=O) groups is 1. The highest BCUT2D eigenvalue weighted by Crippen LogP contribution is 2.39.